The second-order valence-electron chi connectivity index (χ2n) is 4.81. The fourth-order valence-corrected chi connectivity index (χ4v) is 2.41. The third-order valence-electron chi connectivity index (χ3n) is 3.62. The minimum Gasteiger partial charge on any atom is -0.504 e. The van der Waals surface area contributed by atoms with Crippen molar-refractivity contribution in [1.82, 2.24) is 4.90 Å². The fourth-order valence-electron chi connectivity index (χ4n) is 2.41. The van der Waals surface area contributed by atoms with Crippen molar-refractivity contribution in [2.24, 2.45) is 0 Å². The monoisotopic (exact) mass is 277 g/mol. The first-order chi connectivity index (χ1) is 9.60. The summed E-state index contributed by atoms with van der Waals surface area (Å²) in [5.41, 5.74) is 1.58. The lowest BCUT2D eigenvalue weighted by Crippen LogP contribution is -2.37. The summed E-state index contributed by atoms with van der Waals surface area (Å²) < 4.78 is 5.01. The van der Waals surface area contributed by atoms with Crippen LogP contribution in [-0.2, 0) is 0 Å². The molecular weight excluding hydrogens is 258 g/mol. The Balaban J connectivity index is 2.26. The van der Waals surface area contributed by atoms with E-state index in [4.69, 9.17) is 4.74 Å². The van der Waals surface area contributed by atoms with Crippen LogP contribution in [0.25, 0.3) is 0 Å². The van der Waals surface area contributed by atoms with Crippen molar-refractivity contribution >= 4 is 5.91 Å². The highest BCUT2D eigenvalue weighted by Gasteiger charge is 2.31. The van der Waals surface area contributed by atoms with E-state index in [1.54, 1.807) is 11.0 Å². The van der Waals surface area contributed by atoms with Crippen molar-refractivity contribution in [1.29, 1.82) is 0 Å². The van der Waals surface area contributed by atoms with Gasteiger partial charge in [-0.2, -0.15) is 0 Å². The highest BCUT2D eigenvalue weighted by molar-refractivity contribution is 5.95. The molecule has 20 heavy (non-hydrogen) atoms. The Labute approximate surface area is 118 Å². The first kappa shape index (κ1) is 14.4. The molecule has 2 N–H and O–H groups in total. The average Bonchev–Trinajstić information content (AvgIpc) is 2.90. The Hall–Kier alpha value is -2.01. The van der Waals surface area contributed by atoms with Crippen LogP contribution in [0.1, 0.15) is 23.7 Å². The van der Waals surface area contributed by atoms with Gasteiger partial charge < -0.3 is 19.8 Å². The quantitative estimate of drug-likeness (QED) is 0.822. The van der Waals surface area contributed by atoms with Gasteiger partial charge in [0.25, 0.3) is 5.91 Å². The van der Waals surface area contributed by atoms with Gasteiger partial charge in [0.15, 0.2) is 11.5 Å². The molecule has 1 aliphatic rings. The van der Waals surface area contributed by atoms with Crippen LogP contribution in [0.3, 0.4) is 0 Å². The number of aliphatic hydroxyl groups excluding tert-OH is 1. The second kappa shape index (κ2) is 5.96. The molecule has 0 spiro atoms. The Morgan fingerprint density at radius 3 is 2.90 bits per heavy atom. The zero-order valence-electron chi connectivity index (χ0n) is 11.7. The summed E-state index contributed by atoms with van der Waals surface area (Å²) in [6.45, 7) is 2.41. The van der Waals surface area contributed by atoms with Gasteiger partial charge in [0.1, 0.15) is 0 Å². The number of hydrogen-bond donors (Lipinski definition) is 2. The molecule has 108 valence electrons. The van der Waals surface area contributed by atoms with E-state index in [0.717, 1.165) is 5.57 Å². The van der Waals surface area contributed by atoms with Crippen molar-refractivity contribution in [3.05, 3.63) is 35.4 Å². The minimum atomic E-state index is -0.187. The maximum atomic E-state index is 12.5. The van der Waals surface area contributed by atoms with Crippen molar-refractivity contribution in [3.63, 3.8) is 0 Å². The van der Waals surface area contributed by atoms with Crippen LogP contribution in [0.15, 0.2) is 29.8 Å². The van der Waals surface area contributed by atoms with E-state index in [0.29, 0.717) is 18.5 Å². The number of allylic oxidation sites excluding steroid dienone is 1. The summed E-state index contributed by atoms with van der Waals surface area (Å²) in [5.74, 6) is 0.0966. The number of aliphatic hydroxyl groups is 1. The van der Waals surface area contributed by atoms with Crippen LogP contribution in [0.5, 0.6) is 11.5 Å². The molecule has 1 amide bonds. The van der Waals surface area contributed by atoms with Crippen molar-refractivity contribution in [3.8, 4) is 11.5 Å². The zero-order valence-corrected chi connectivity index (χ0v) is 11.7. The van der Waals surface area contributed by atoms with Gasteiger partial charge in [-0.1, -0.05) is 11.6 Å². The van der Waals surface area contributed by atoms with Gasteiger partial charge in [0.2, 0.25) is 0 Å². The zero-order chi connectivity index (χ0) is 14.7. The lowest BCUT2D eigenvalue weighted by Gasteiger charge is -2.22. The fraction of sp³-hybridized carbons (Fsp3) is 0.400. The van der Waals surface area contributed by atoms with Crippen LogP contribution in [0.4, 0.5) is 0 Å². The summed E-state index contributed by atoms with van der Waals surface area (Å²) in [4.78, 5) is 14.2. The van der Waals surface area contributed by atoms with Gasteiger partial charge in [0, 0.05) is 12.1 Å². The Kier molecular flexibility index (Phi) is 4.29. The number of ether oxygens (including phenoxy) is 1. The highest BCUT2D eigenvalue weighted by Crippen LogP contribution is 2.29. The molecule has 1 fully saturated rings. The molecule has 1 aliphatic heterocycles. The van der Waals surface area contributed by atoms with E-state index < -0.39 is 0 Å². The summed E-state index contributed by atoms with van der Waals surface area (Å²) in [6, 6.07) is 4.32. The second-order valence-corrected chi connectivity index (χ2v) is 4.81. The highest BCUT2D eigenvalue weighted by atomic mass is 16.5. The third-order valence-corrected chi connectivity index (χ3v) is 3.62. The van der Waals surface area contributed by atoms with Gasteiger partial charge in [-0.05, 0) is 31.5 Å². The number of carbonyl (C=O) groups is 1. The van der Waals surface area contributed by atoms with Crippen LogP contribution in [0, 0.1) is 0 Å². The number of amides is 1. The first-order valence-electron chi connectivity index (χ1n) is 6.53. The lowest BCUT2D eigenvalue weighted by atomic mass is 10.1. The maximum absolute atomic E-state index is 12.5. The van der Waals surface area contributed by atoms with Crippen molar-refractivity contribution in [2.45, 2.75) is 19.4 Å². The summed E-state index contributed by atoms with van der Waals surface area (Å²) in [6.07, 6.45) is 2.68. The number of hydrogen-bond acceptors (Lipinski definition) is 4. The normalized spacial score (nSPS) is 20.4. The topological polar surface area (TPSA) is 70.0 Å². The maximum Gasteiger partial charge on any atom is 0.254 e. The molecular formula is C15H19NO4. The third kappa shape index (κ3) is 2.63. The Bertz CT molecular complexity index is 539. The number of benzene rings is 1. The first-order valence-corrected chi connectivity index (χ1v) is 6.53. The number of carbonyl (C=O) groups excluding carboxylic acids is 1. The van der Waals surface area contributed by atoms with E-state index in [9.17, 15) is 15.0 Å². The summed E-state index contributed by atoms with van der Waals surface area (Å²) in [5, 5.41) is 19.0. The Morgan fingerprint density at radius 1 is 1.55 bits per heavy atom. The van der Waals surface area contributed by atoms with Gasteiger partial charge in [-0.25, -0.2) is 0 Å². The molecule has 5 heteroatoms. The minimum absolute atomic E-state index is 0.00155. The number of aromatic hydroxyl groups is 1. The molecule has 2 rings (SSSR count). The number of likely N-dealkylation sites (tertiary alicyclic amines) is 1. The smallest absolute Gasteiger partial charge is 0.254 e. The summed E-state index contributed by atoms with van der Waals surface area (Å²) >= 11 is 0. The molecule has 1 unspecified atom stereocenters. The number of rotatable bonds is 3. The number of nitrogens with zero attached hydrogens (tertiary/aromatic N) is 1. The Morgan fingerprint density at radius 2 is 2.30 bits per heavy atom. The summed E-state index contributed by atoms with van der Waals surface area (Å²) in [7, 11) is 1.44. The van der Waals surface area contributed by atoms with Gasteiger partial charge >= 0.3 is 0 Å². The predicted octanol–water partition coefficient (Wildman–Crippen LogP) is 1.55. The van der Waals surface area contributed by atoms with Crippen molar-refractivity contribution in [2.75, 3.05) is 20.3 Å². The van der Waals surface area contributed by atoms with E-state index in [-0.39, 0.29) is 30.1 Å². The van der Waals surface area contributed by atoms with Crippen LogP contribution >= 0.6 is 0 Å². The molecule has 1 heterocycles. The molecule has 5 nitrogen and oxygen atoms in total. The van der Waals surface area contributed by atoms with E-state index in [2.05, 4.69) is 0 Å². The number of phenolic OH excluding ortho intramolecular Hbond substituents is 1. The molecule has 1 saturated heterocycles. The van der Waals surface area contributed by atoms with Gasteiger partial charge in [-0.3, -0.25) is 4.79 Å². The number of phenols is 1. The average molecular weight is 277 g/mol. The van der Waals surface area contributed by atoms with E-state index in [1.807, 2.05) is 13.0 Å². The standard InChI is InChI=1S/C15H19NO4/c1-3-10-6-12(9-17)16(8-10)15(19)11-4-5-13(18)14(7-11)20-2/h3-5,7,12,17-18H,6,8-9H2,1-2H3/b10-3+. The van der Waals surface area contributed by atoms with Crippen LogP contribution in [0.2, 0.25) is 0 Å². The molecule has 1 aromatic carbocycles. The van der Waals surface area contributed by atoms with Crippen LogP contribution < -0.4 is 4.74 Å². The number of methoxy groups -OCH3 is 1. The molecule has 0 aromatic heterocycles. The largest absolute Gasteiger partial charge is 0.504 e. The van der Waals surface area contributed by atoms with E-state index >= 15 is 0 Å². The van der Waals surface area contributed by atoms with E-state index in [1.165, 1.54) is 19.2 Å². The molecule has 0 bridgehead atoms. The van der Waals surface area contributed by atoms with Crippen LogP contribution in [-0.4, -0.2) is 47.3 Å². The van der Waals surface area contributed by atoms with Crippen molar-refractivity contribution < 1.29 is 19.7 Å². The SMILES string of the molecule is C/C=C1\CC(CO)N(C(=O)c2ccc(O)c(OC)c2)C1. The lowest BCUT2D eigenvalue weighted by molar-refractivity contribution is 0.0679. The van der Waals surface area contributed by atoms with Gasteiger partial charge in [0.05, 0.1) is 19.8 Å². The molecule has 1 aromatic rings. The molecule has 0 saturated carbocycles. The molecule has 0 aliphatic carbocycles. The van der Waals surface area contributed by atoms with Gasteiger partial charge in [-0.15, -0.1) is 0 Å². The molecule has 0 radical (unpaired) electrons. The molecule has 1 atom stereocenters. The predicted molar refractivity (Wildman–Crippen MR) is 74.9 cm³/mol.